The van der Waals surface area contributed by atoms with Crippen LogP contribution in [0.25, 0.3) is 0 Å². The fraction of sp³-hybridized carbons (Fsp3) is 0. The van der Waals surface area contributed by atoms with Crippen molar-refractivity contribution in [3.63, 3.8) is 0 Å². The first-order valence-electron chi connectivity index (χ1n) is 3.28. The molecule has 0 saturated carbocycles. The predicted octanol–water partition coefficient (Wildman–Crippen LogP) is 2.41. The lowest BCUT2D eigenvalue weighted by atomic mass is 9.82. The molecule has 0 amide bonds. The normalized spacial score (nSPS) is 11.4. The standard InChI is InChI=1S/C6H3BBrF3NO/c8-5-3-1-2-4(12-5)6(13)7(9,10)11/h1-3H/q-1. The number of halogens is 4. The molecular weight excluding hydrogens is 250 g/mol. The summed E-state index contributed by atoms with van der Waals surface area (Å²) in [5, 5.41) is 0. The molecule has 0 aliphatic heterocycles. The van der Waals surface area contributed by atoms with Gasteiger partial charge in [0.25, 0.3) is 0 Å². The van der Waals surface area contributed by atoms with Crippen LogP contribution in [0.15, 0.2) is 22.8 Å². The Hall–Kier alpha value is -0.845. The molecule has 1 aromatic heterocycles. The molecular formula is C6H3BBrF3NO-. The van der Waals surface area contributed by atoms with Crippen LogP contribution in [0.1, 0.15) is 10.5 Å². The van der Waals surface area contributed by atoms with Crippen LogP contribution in [0.5, 0.6) is 0 Å². The lowest BCUT2D eigenvalue weighted by Gasteiger charge is -2.11. The Morgan fingerprint density at radius 2 is 2.00 bits per heavy atom. The molecule has 0 N–H and O–H groups in total. The predicted molar refractivity (Wildman–Crippen MR) is 45.3 cm³/mol. The molecule has 0 unspecified atom stereocenters. The first kappa shape index (κ1) is 10.2. The summed E-state index contributed by atoms with van der Waals surface area (Å²) in [6.45, 7) is -5.49. The summed E-state index contributed by atoms with van der Waals surface area (Å²) < 4.78 is 36.0. The SMILES string of the molecule is O=C(c1cccc(Br)n1)[B-](F)(F)F. The van der Waals surface area contributed by atoms with E-state index in [4.69, 9.17) is 0 Å². The zero-order valence-electron chi connectivity index (χ0n) is 6.18. The van der Waals surface area contributed by atoms with E-state index in [1.165, 1.54) is 12.1 Å². The van der Waals surface area contributed by atoms with E-state index in [2.05, 4.69) is 20.9 Å². The first-order valence-corrected chi connectivity index (χ1v) is 4.07. The van der Waals surface area contributed by atoms with Crippen molar-refractivity contribution >= 4 is 28.6 Å². The summed E-state index contributed by atoms with van der Waals surface area (Å²) in [5.41, 5.74) is -2.46. The second kappa shape index (κ2) is 3.49. The van der Waals surface area contributed by atoms with Gasteiger partial charge < -0.3 is 17.7 Å². The summed E-state index contributed by atoms with van der Waals surface area (Å²) in [7, 11) is 0. The van der Waals surface area contributed by atoms with Crippen LogP contribution in [-0.4, -0.2) is 17.6 Å². The number of carbonyl (C=O) groups excluding carboxylic acids is 1. The highest BCUT2D eigenvalue weighted by Crippen LogP contribution is 2.16. The lowest BCUT2D eigenvalue weighted by molar-refractivity contribution is 0.102. The summed E-state index contributed by atoms with van der Waals surface area (Å²) in [4.78, 5) is 14.0. The van der Waals surface area contributed by atoms with Crippen LogP contribution in [0.4, 0.5) is 12.9 Å². The largest absolute Gasteiger partial charge is 0.551 e. The first-order chi connectivity index (χ1) is 5.91. The van der Waals surface area contributed by atoms with Crippen LogP contribution >= 0.6 is 15.9 Å². The Bertz CT molecular complexity index is 341. The van der Waals surface area contributed by atoms with E-state index in [0.29, 0.717) is 0 Å². The Morgan fingerprint density at radius 1 is 1.38 bits per heavy atom. The van der Waals surface area contributed by atoms with Gasteiger partial charge in [-0.1, -0.05) is 6.07 Å². The Morgan fingerprint density at radius 3 is 2.46 bits per heavy atom. The zero-order chi connectivity index (χ0) is 10.1. The quantitative estimate of drug-likeness (QED) is 0.598. The van der Waals surface area contributed by atoms with Crippen molar-refractivity contribution < 1.29 is 17.7 Å². The highest BCUT2D eigenvalue weighted by Gasteiger charge is 2.34. The van der Waals surface area contributed by atoms with Crippen molar-refractivity contribution in [3.8, 4) is 0 Å². The Kier molecular flexibility index (Phi) is 2.75. The number of nitrogens with zero attached hydrogens (tertiary/aromatic N) is 1. The average molecular weight is 253 g/mol. The molecule has 13 heavy (non-hydrogen) atoms. The van der Waals surface area contributed by atoms with Gasteiger partial charge in [0.05, 0.1) is 5.69 Å². The zero-order valence-corrected chi connectivity index (χ0v) is 7.76. The molecule has 0 aromatic carbocycles. The smallest absolute Gasteiger partial charge is 0.443 e. The van der Waals surface area contributed by atoms with Crippen molar-refractivity contribution in [2.75, 3.05) is 0 Å². The third-order valence-corrected chi connectivity index (χ3v) is 1.71. The van der Waals surface area contributed by atoms with Gasteiger partial charge in [0.2, 0.25) is 0 Å². The topological polar surface area (TPSA) is 30.0 Å². The van der Waals surface area contributed by atoms with Gasteiger partial charge in [0.15, 0.2) is 0 Å². The van der Waals surface area contributed by atoms with E-state index < -0.39 is 18.4 Å². The summed E-state index contributed by atoms with van der Waals surface area (Å²) in [6, 6.07) is 3.80. The average Bonchev–Trinajstić information content (AvgIpc) is 2.01. The third-order valence-electron chi connectivity index (χ3n) is 1.26. The molecule has 0 bridgehead atoms. The fourth-order valence-corrected chi connectivity index (χ4v) is 1.06. The maximum absolute atomic E-state index is 11.9. The van der Waals surface area contributed by atoms with Crippen LogP contribution in [-0.2, 0) is 0 Å². The molecule has 0 aliphatic rings. The van der Waals surface area contributed by atoms with Gasteiger partial charge in [-0.05, 0) is 28.1 Å². The van der Waals surface area contributed by atoms with Crippen molar-refractivity contribution in [2.45, 2.75) is 0 Å². The molecule has 7 heteroatoms. The molecule has 1 heterocycles. The molecule has 0 aliphatic carbocycles. The molecule has 2 nitrogen and oxygen atoms in total. The number of aromatic nitrogens is 1. The van der Waals surface area contributed by atoms with E-state index in [9.17, 15) is 17.7 Å². The van der Waals surface area contributed by atoms with Gasteiger partial charge in [-0.2, -0.15) is 0 Å². The minimum Gasteiger partial charge on any atom is -0.443 e. The van der Waals surface area contributed by atoms with Gasteiger partial charge in [0, 0.05) is 0 Å². The number of rotatable bonds is 2. The third kappa shape index (κ3) is 2.55. The van der Waals surface area contributed by atoms with Crippen LogP contribution < -0.4 is 0 Å². The lowest BCUT2D eigenvalue weighted by Crippen LogP contribution is -2.30. The van der Waals surface area contributed by atoms with E-state index in [0.717, 1.165) is 6.07 Å². The molecule has 70 valence electrons. The van der Waals surface area contributed by atoms with Gasteiger partial charge >= 0.3 is 6.98 Å². The maximum Gasteiger partial charge on any atom is 0.551 e. The van der Waals surface area contributed by atoms with Gasteiger partial charge in [0.1, 0.15) is 10.3 Å². The molecule has 0 radical (unpaired) electrons. The Labute approximate surface area is 80.3 Å². The van der Waals surface area contributed by atoms with Crippen LogP contribution in [0, 0.1) is 0 Å². The minimum atomic E-state index is -5.49. The molecule has 0 fully saturated rings. The van der Waals surface area contributed by atoms with Crippen molar-refractivity contribution in [3.05, 3.63) is 28.5 Å². The molecule has 0 saturated heterocycles. The second-order valence-electron chi connectivity index (χ2n) is 2.28. The fourth-order valence-electron chi connectivity index (χ4n) is 0.713. The van der Waals surface area contributed by atoms with E-state index in [-0.39, 0.29) is 4.60 Å². The monoisotopic (exact) mass is 252 g/mol. The van der Waals surface area contributed by atoms with Gasteiger partial charge in [-0.15, -0.1) is 0 Å². The van der Waals surface area contributed by atoms with Crippen LogP contribution in [0.3, 0.4) is 0 Å². The van der Waals surface area contributed by atoms with E-state index >= 15 is 0 Å². The molecule has 0 atom stereocenters. The van der Waals surface area contributed by atoms with E-state index in [1.807, 2.05) is 0 Å². The van der Waals surface area contributed by atoms with Gasteiger partial charge in [-0.25, -0.2) is 4.98 Å². The highest BCUT2D eigenvalue weighted by atomic mass is 79.9. The van der Waals surface area contributed by atoms with E-state index in [1.54, 1.807) is 0 Å². The summed E-state index contributed by atoms with van der Waals surface area (Å²) in [5.74, 6) is 0. The van der Waals surface area contributed by atoms with Crippen molar-refractivity contribution in [2.24, 2.45) is 0 Å². The molecule has 1 rings (SSSR count). The number of hydrogen-bond acceptors (Lipinski definition) is 2. The molecule has 0 spiro atoms. The number of hydrogen-bond donors (Lipinski definition) is 0. The number of carbonyl (C=O) groups is 1. The minimum absolute atomic E-state index is 0.207. The molecule has 1 aromatic rings. The summed E-state index contributed by atoms with van der Waals surface area (Å²) >= 11 is 2.87. The van der Waals surface area contributed by atoms with Gasteiger partial charge in [-0.3, -0.25) is 0 Å². The maximum atomic E-state index is 11.9. The van der Waals surface area contributed by atoms with Crippen molar-refractivity contribution in [1.29, 1.82) is 0 Å². The van der Waals surface area contributed by atoms with Crippen LogP contribution in [0.2, 0.25) is 0 Å². The highest BCUT2D eigenvalue weighted by molar-refractivity contribution is 9.10. The number of pyridine rings is 1. The second-order valence-corrected chi connectivity index (χ2v) is 3.10. The van der Waals surface area contributed by atoms with Crippen molar-refractivity contribution in [1.82, 2.24) is 4.98 Å². The Balaban J connectivity index is 3.03. The summed E-state index contributed by atoms with van der Waals surface area (Å²) in [6.07, 6.45) is 0.